The quantitative estimate of drug-likeness (QED) is 0.884. The SMILES string of the molecule is N[C@H]1CCN(S(=O)(=O)c2cc(Cl)ccc2F)C1. The zero-order chi connectivity index (χ0) is 12.6. The Morgan fingerprint density at radius 2 is 2.18 bits per heavy atom. The summed E-state index contributed by atoms with van der Waals surface area (Å²) in [5.74, 6) is -0.796. The molecule has 1 aliphatic rings. The molecule has 0 bridgehead atoms. The van der Waals surface area contributed by atoms with Gasteiger partial charge < -0.3 is 5.73 Å². The van der Waals surface area contributed by atoms with Gasteiger partial charge in [-0.1, -0.05) is 11.6 Å². The second-order valence-electron chi connectivity index (χ2n) is 3.99. The molecule has 0 aliphatic carbocycles. The molecule has 0 saturated carbocycles. The highest BCUT2D eigenvalue weighted by Gasteiger charge is 2.32. The molecule has 2 N–H and O–H groups in total. The lowest BCUT2D eigenvalue weighted by atomic mass is 10.3. The first-order valence-corrected chi connectivity index (χ1v) is 6.94. The van der Waals surface area contributed by atoms with E-state index in [-0.39, 0.29) is 22.5 Å². The van der Waals surface area contributed by atoms with Crippen LogP contribution in [-0.4, -0.2) is 31.9 Å². The van der Waals surface area contributed by atoms with Gasteiger partial charge in [0.25, 0.3) is 0 Å². The van der Waals surface area contributed by atoms with Crippen LogP contribution in [0.3, 0.4) is 0 Å². The predicted molar refractivity (Wildman–Crippen MR) is 62.8 cm³/mol. The van der Waals surface area contributed by atoms with Crippen molar-refractivity contribution in [3.63, 3.8) is 0 Å². The smallest absolute Gasteiger partial charge is 0.246 e. The molecule has 17 heavy (non-hydrogen) atoms. The maximum absolute atomic E-state index is 13.5. The Bertz CT molecular complexity index is 535. The Morgan fingerprint density at radius 3 is 2.76 bits per heavy atom. The second kappa shape index (κ2) is 4.53. The highest BCUT2D eigenvalue weighted by Crippen LogP contribution is 2.25. The minimum atomic E-state index is -3.83. The maximum Gasteiger partial charge on any atom is 0.246 e. The Hall–Kier alpha value is -0.690. The van der Waals surface area contributed by atoms with Crippen LogP contribution in [0, 0.1) is 5.82 Å². The molecule has 1 fully saturated rings. The third kappa shape index (κ3) is 2.44. The summed E-state index contributed by atoms with van der Waals surface area (Å²) >= 11 is 5.68. The van der Waals surface area contributed by atoms with Crippen molar-refractivity contribution in [2.75, 3.05) is 13.1 Å². The highest BCUT2D eigenvalue weighted by atomic mass is 35.5. The van der Waals surface area contributed by atoms with Gasteiger partial charge in [-0.25, -0.2) is 12.8 Å². The van der Waals surface area contributed by atoms with Crippen LogP contribution in [0.2, 0.25) is 5.02 Å². The zero-order valence-corrected chi connectivity index (χ0v) is 10.5. The zero-order valence-electron chi connectivity index (χ0n) is 8.94. The first kappa shape index (κ1) is 12.8. The van der Waals surface area contributed by atoms with Gasteiger partial charge in [0.2, 0.25) is 10.0 Å². The molecule has 1 aliphatic heterocycles. The van der Waals surface area contributed by atoms with Gasteiger partial charge in [0.05, 0.1) is 0 Å². The molecular weight excluding hydrogens is 267 g/mol. The fraction of sp³-hybridized carbons (Fsp3) is 0.400. The first-order chi connectivity index (χ1) is 7.91. The molecule has 0 radical (unpaired) electrons. The minimum absolute atomic E-state index is 0.188. The Labute approximate surface area is 104 Å². The summed E-state index contributed by atoms with van der Waals surface area (Å²) in [6.45, 7) is 0.531. The van der Waals surface area contributed by atoms with E-state index in [2.05, 4.69) is 0 Å². The molecule has 1 heterocycles. The largest absolute Gasteiger partial charge is 0.326 e. The lowest BCUT2D eigenvalue weighted by molar-refractivity contribution is 0.465. The molecule has 1 atom stereocenters. The van der Waals surface area contributed by atoms with Gasteiger partial charge in [-0.05, 0) is 24.6 Å². The van der Waals surface area contributed by atoms with E-state index in [4.69, 9.17) is 17.3 Å². The molecule has 4 nitrogen and oxygen atoms in total. The number of hydrogen-bond acceptors (Lipinski definition) is 3. The van der Waals surface area contributed by atoms with Crippen molar-refractivity contribution >= 4 is 21.6 Å². The number of nitrogens with two attached hydrogens (primary N) is 1. The Balaban J connectivity index is 2.41. The number of hydrogen-bond donors (Lipinski definition) is 1. The number of rotatable bonds is 2. The molecule has 0 amide bonds. The van der Waals surface area contributed by atoms with Crippen molar-refractivity contribution in [1.82, 2.24) is 4.31 Å². The van der Waals surface area contributed by atoms with Crippen molar-refractivity contribution in [2.24, 2.45) is 5.73 Å². The number of halogens is 2. The van der Waals surface area contributed by atoms with E-state index in [1.165, 1.54) is 10.4 Å². The lowest BCUT2D eigenvalue weighted by Crippen LogP contribution is -2.32. The summed E-state index contributed by atoms with van der Waals surface area (Å²) < 4.78 is 39.0. The Kier molecular flexibility index (Phi) is 3.40. The average molecular weight is 279 g/mol. The average Bonchev–Trinajstić information content (AvgIpc) is 2.69. The van der Waals surface area contributed by atoms with Crippen LogP contribution in [-0.2, 0) is 10.0 Å². The van der Waals surface area contributed by atoms with Gasteiger partial charge in [0.15, 0.2) is 0 Å². The van der Waals surface area contributed by atoms with Crippen LogP contribution in [0.1, 0.15) is 6.42 Å². The fourth-order valence-corrected chi connectivity index (χ4v) is 3.63. The molecule has 94 valence electrons. The monoisotopic (exact) mass is 278 g/mol. The molecule has 1 aromatic carbocycles. The summed E-state index contributed by atoms with van der Waals surface area (Å²) in [7, 11) is -3.83. The van der Waals surface area contributed by atoms with Gasteiger partial charge in [0, 0.05) is 24.2 Å². The van der Waals surface area contributed by atoms with Crippen molar-refractivity contribution in [3.05, 3.63) is 29.0 Å². The minimum Gasteiger partial charge on any atom is -0.326 e. The normalized spacial score (nSPS) is 21.9. The number of sulfonamides is 1. The first-order valence-electron chi connectivity index (χ1n) is 5.12. The van der Waals surface area contributed by atoms with Crippen LogP contribution in [0.4, 0.5) is 4.39 Å². The van der Waals surface area contributed by atoms with Gasteiger partial charge in [-0.15, -0.1) is 0 Å². The predicted octanol–water partition coefficient (Wildman–Crippen LogP) is 1.20. The molecule has 0 spiro atoms. The standard InChI is InChI=1S/C10H12ClFN2O2S/c11-7-1-2-9(12)10(5-7)17(15,16)14-4-3-8(13)6-14/h1-2,5,8H,3-4,6,13H2/t8-/m0/s1. The van der Waals surface area contributed by atoms with Gasteiger partial charge in [0.1, 0.15) is 10.7 Å². The summed E-state index contributed by atoms with van der Waals surface area (Å²) in [4.78, 5) is -0.390. The van der Waals surface area contributed by atoms with Crippen LogP contribution < -0.4 is 5.73 Å². The van der Waals surface area contributed by atoms with Crippen LogP contribution in [0.25, 0.3) is 0 Å². The van der Waals surface area contributed by atoms with Crippen molar-refractivity contribution in [3.8, 4) is 0 Å². The molecule has 0 unspecified atom stereocenters. The molecule has 7 heteroatoms. The van der Waals surface area contributed by atoms with E-state index in [0.717, 1.165) is 12.1 Å². The van der Waals surface area contributed by atoms with Crippen LogP contribution in [0.15, 0.2) is 23.1 Å². The topological polar surface area (TPSA) is 63.4 Å². The molecule has 1 aromatic rings. The number of nitrogens with zero attached hydrogens (tertiary/aromatic N) is 1. The second-order valence-corrected chi connectivity index (χ2v) is 6.33. The van der Waals surface area contributed by atoms with E-state index in [1.54, 1.807) is 0 Å². The summed E-state index contributed by atoms with van der Waals surface area (Å²) in [5.41, 5.74) is 5.64. The molecule has 2 rings (SSSR count). The lowest BCUT2D eigenvalue weighted by Gasteiger charge is -2.16. The van der Waals surface area contributed by atoms with Crippen LogP contribution in [0.5, 0.6) is 0 Å². The van der Waals surface area contributed by atoms with Gasteiger partial charge in [-0.3, -0.25) is 0 Å². The van der Waals surface area contributed by atoms with E-state index in [1.807, 2.05) is 0 Å². The third-order valence-electron chi connectivity index (χ3n) is 2.70. The van der Waals surface area contributed by atoms with Crippen LogP contribution >= 0.6 is 11.6 Å². The third-order valence-corrected chi connectivity index (χ3v) is 4.81. The molecule has 0 aromatic heterocycles. The summed E-state index contributed by atoms with van der Waals surface area (Å²) in [5, 5.41) is 0.188. The maximum atomic E-state index is 13.5. The number of benzene rings is 1. The van der Waals surface area contributed by atoms with E-state index >= 15 is 0 Å². The van der Waals surface area contributed by atoms with E-state index in [0.29, 0.717) is 13.0 Å². The summed E-state index contributed by atoms with van der Waals surface area (Å²) in [6, 6.07) is 3.29. The molecular formula is C10H12ClFN2O2S. The molecule has 1 saturated heterocycles. The van der Waals surface area contributed by atoms with E-state index in [9.17, 15) is 12.8 Å². The van der Waals surface area contributed by atoms with Crippen molar-refractivity contribution in [1.29, 1.82) is 0 Å². The highest BCUT2D eigenvalue weighted by molar-refractivity contribution is 7.89. The fourth-order valence-electron chi connectivity index (χ4n) is 1.79. The Morgan fingerprint density at radius 1 is 1.47 bits per heavy atom. The van der Waals surface area contributed by atoms with E-state index < -0.39 is 15.8 Å². The summed E-state index contributed by atoms with van der Waals surface area (Å²) in [6.07, 6.45) is 0.585. The van der Waals surface area contributed by atoms with Crippen molar-refractivity contribution < 1.29 is 12.8 Å². The van der Waals surface area contributed by atoms with Crippen molar-refractivity contribution in [2.45, 2.75) is 17.4 Å². The van der Waals surface area contributed by atoms with Gasteiger partial charge >= 0.3 is 0 Å². The van der Waals surface area contributed by atoms with Gasteiger partial charge in [-0.2, -0.15) is 4.31 Å².